The van der Waals surface area contributed by atoms with Crippen molar-refractivity contribution >= 4 is 10.1 Å². The van der Waals surface area contributed by atoms with Crippen molar-refractivity contribution in [1.29, 1.82) is 0 Å². The van der Waals surface area contributed by atoms with E-state index in [0.29, 0.717) is 0 Å². The highest BCUT2D eigenvalue weighted by atomic mass is 32.2. The minimum Gasteiger partial charge on any atom is -0.748 e. The fraction of sp³-hybridized carbons (Fsp3) is 0.143. The molecular formula is C7H7O5S-. The van der Waals surface area contributed by atoms with Gasteiger partial charge in [0.15, 0.2) is 0 Å². The van der Waals surface area contributed by atoms with Crippen molar-refractivity contribution in [2.24, 2.45) is 0 Å². The summed E-state index contributed by atoms with van der Waals surface area (Å²) in [6.07, 6.45) is 0. The number of phenolic OH excluding ortho intramolecular Hbond substituents is 2. The Morgan fingerprint density at radius 1 is 1.31 bits per heavy atom. The van der Waals surface area contributed by atoms with Crippen LogP contribution >= 0.6 is 0 Å². The second kappa shape index (κ2) is 3.23. The van der Waals surface area contributed by atoms with Gasteiger partial charge in [-0.1, -0.05) is 0 Å². The van der Waals surface area contributed by atoms with Gasteiger partial charge in [0.25, 0.3) is 0 Å². The maximum absolute atomic E-state index is 10.3. The molecule has 72 valence electrons. The molecule has 1 rings (SSSR count). The molecule has 0 unspecified atom stereocenters. The average Bonchev–Trinajstić information content (AvgIpc) is 1.94. The van der Waals surface area contributed by atoms with Crippen molar-refractivity contribution in [2.75, 3.05) is 0 Å². The van der Waals surface area contributed by atoms with Crippen LogP contribution in [-0.2, 0) is 15.9 Å². The molecule has 0 aromatic heterocycles. The Balaban J connectivity index is 3.08. The fourth-order valence-corrected chi connectivity index (χ4v) is 1.49. The molecule has 6 heteroatoms. The lowest BCUT2D eigenvalue weighted by Gasteiger charge is -2.08. The zero-order valence-corrected chi connectivity index (χ0v) is 7.28. The minimum absolute atomic E-state index is 0.102. The number of aromatic hydroxyl groups is 2. The first kappa shape index (κ1) is 9.82. The summed E-state index contributed by atoms with van der Waals surface area (Å²) in [6.45, 7) is 0. The zero-order chi connectivity index (χ0) is 10.1. The summed E-state index contributed by atoms with van der Waals surface area (Å²) in [4.78, 5) is 0. The van der Waals surface area contributed by atoms with Gasteiger partial charge in [-0.05, 0) is 18.2 Å². The van der Waals surface area contributed by atoms with Crippen LogP contribution in [0.5, 0.6) is 11.5 Å². The third-order valence-electron chi connectivity index (χ3n) is 1.40. The highest BCUT2D eigenvalue weighted by Gasteiger charge is 2.05. The number of rotatable bonds is 2. The van der Waals surface area contributed by atoms with Gasteiger partial charge in [0.2, 0.25) is 0 Å². The fourth-order valence-electron chi connectivity index (χ4n) is 0.878. The molecule has 0 radical (unpaired) electrons. The van der Waals surface area contributed by atoms with Crippen molar-refractivity contribution in [1.82, 2.24) is 0 Å². The molecule has 2 N–H and O–H groups in total. The van der Waals surface area contributed by atoms with E-state index in [-0.39, 0.29) is 17.1 Å². The second-order valence-electron chi connectivity index (χ2n) is 2.52. The minimum atomic E-state index is -4.44. The largest absolute Gasteiger partial charge is 0.748 e. The summed E-state index contributed by atoms with van der Waals surface area (Å²) in [5.41, 5.74) is -0.102. The molecule has 1 aromatic rings. The van der Waals surface area contributed by atoms with Gasteiger partial charge >= 0.3 is 0 Å². The second-order valence-corrected chi connectivity index (χ2v) is 3.92. The number of hydrogen-bond acceptors (Lipinski definition) is 5. The SMILES string of the molecule is O=S(=O)([O-])Cc1cc(O)ccc1O. The van der Waals surface area contributed by atoms with Crippen molar-refractivity contribution in [2.45, 2.75) is 5.75 Å². The lowest BCUT2D eigenvalue weighted by atomic mass is 10.2. The van der Waals surface area contributed by atoms with Gasteiger partial charge in [-0.25, -0.2) is 8.42 Å². The summed E-state index contributed by atoms with van der Waals surface area (Å²) in [5.74, 6) is -1.35. The summed E-state index contributed by atoms with van der Waals surface area (Å²) in [5, 5.41) is 18.0. The monoisotopic (exact) mass is 203 g/mol. The van der Waals surface area contributed by atoms with Crippen LogP contribution in [0, 0.1) is 0 Å². The first-order valence-electron chi connectivity index (χ1n) is 3.33. The predicted octanol–water partition coefficient (Wildman–Crippen LogP) is 0.143. The molecule has 13 heavy (non-hydrogen) atoms. The van der Waals surface area contributed by atoms with Gasteiger partial charge in [0.05, 0.1) is 15.9 Å². The Morgan fingerprint density at radius 2 is 1.92 bits per heavy atom. The van der Waals surface area contributed by atoms with E-state index in [1.54, 1.807) is 0 Å². The Hall–Kier alpha value is -1.27. The summed E-state index contributed by atoms with van der Waals surface area (Å²) in [6, 6.07) is 3.34. The normalized spacial score (nSPS) is 11.5. The van der Waals surface area contributed by atoms with E-state index in [1.165, 1.54) is 6.07 Å². The van der Waals surface area contributed by atoms with Crippen LogP contribution in [0.2, 0.25) is 0 Å². The Bertz CT molecular complexity index is 409. The van der Waals surface area contributed by atoms with Crippen molar-refractivity contribution in [3.05, 3.63) is 23.8 Å². The third kappa shape index (κ3) is 2.92. The van der Waals surface area contributed by atoms with Crippen LogP contribution in [0.1, 0.15) is 5.56 Å². The molecule has 0 heterocycles. The zero-order valence-electron chi connectivity index (χ0n) is 6.47. The van der Waals surface area contributed by atoms with Gasteiger partial charge in [-0.3, -0.25) is 0 Å². The molecular weight excluding hydrogens is 196 g/mol. The van der Waals surface area contributed by atoms with E-state index in [4.69, 9.17) is 10.2 Å². The maximum atomic E-state index is 10.3. The lowest BCUT2D eigenvalue weighted by molar-refractivity contribution is 0.447. The van der Waals surface area contributed by atoms with Crippen LogP contribution in [0.3, 0.4) is 0 Å². The molecule has 1 aromatic carbocycles. The lowest BCUT2D eigenvalue weighted by Crippen LogP contribution is -2.01. The van der Waals surface area contributed by atoms with E-state index < -0.39 is 15.9 Å². The molecule has 0 fully saturated rings. The average molecular weight is 203 g/mol. The molecule has 0 saturated carbocycles. The van der Waals surface area contributed by atoms with E-state index >= 15 is 0 Å². The molecule has 0 aliphatic heterocycles. The van der Waals surface area contributed by atoms with Gasteiger partial charge in [-0.2, -0.15) is 0 Å². The molecule has 0 amide bonds. The number of hydrogen-bond donors (Lipinski definition) is 2. The molecule has 0 aliphatic rings. The van der Waals surface area contributed by atoms with Crippen molar-refractivity contribution in [3.8, 4) is 11.5 Å². The Kier molecular flexibility index (Phi) is 2.44. The number of phenols is 2. The quantitative estimate of drug-likeness (QED) is 0.526. The van der Waals surface area contributed by atoms with Crippen LogP contribution < -0.4 is 0 Å². The number of benzene rings is 1. The van der Waals surface area contributed by atoms with Crippen LogP contribution in [0.4, 0.5) is 0 Å². The van der Waals surface area contributed by atoms with Crippen LogP contribution in [0.15, 0.2) is 18.2 Å². The van der Waals surface area contributed by atoms with Crippen molar-refractivity contribution in [3.63, 3.8) is 0 Å². The molecule has 0 bridgehead atoms. The van der Waals surface area contributed by atoms with Gasteiger partial charge < -0.3 is 14.8 Å². The summed E-state index contributed by atoms with van der Waals surface area (Å²) < 4.78 is 30.9. The van der Waals surface area contributed by atoms with Gasteiger partial charge in [0, 0.05) is 5.56 Å². The molecule has 5 nitrogen and oxygen atoms in total. The van der Waals surface area contributed by atoms with Crippen molar-refractivity contribution < 1.29 is 23.2 Å². The van der Waals surface area contributed by atoms with E-state index in [2.05, 4.69) is 0 Å². The van der Waals surface area contributed by atoms with E-state index in [9.17, 15) is 13.0 Å². The van der Waals surface area contributed by atoms with Gasteiger partial charge in [0.1, 0.15) is 11.5 Å². The molecule has 0 aliphatic carbocycles. The standard InChI is InChI=1S/C7H8O5S/c8-6-1-2-7(9)5(3-6)4-13(10,11)12/h1-3,8-9H,4H2,(H,10,11,12)/p-1. The molecule has 0 saturated heterocycles. The summed E-state index contributed by atoms with van der Waals surface area (Å²) in [7, 11) is -4.44. The van der Waals surface area contributed by atoms with E-state index in [1.807, 2.05) is 0 Å². The summed E-state index contributed by atoms with van der Waals surface area (Å²) >= 11 is 0. The molecule has 0 atom stereocenters. The Morgan fingerprint density at radius 3 is 2.46 bits per heavy atom. The topological polar surface area (TPSA) is 97.7 Å². The van der Waals surface area contributed by atoms with Crippen LogP contribution in [0.25, 0.3) is 0 Å². The Labute approximate surface area is 75.0 Å². The first-order chi connectivity index (χ1) is 5.88. The third-order valence-corrected chi connectivity index (χ3v) is 2.06. The van der Waals surface area contributed by atoms with E-state index in [0.717, 1.165) is 12.1 Å². The smallest absolute Gasteiger partial charge is 0.120 e. The molecule has 0 spiro atoms. The highest BCUT2D eigenvalue weighted by molar-refractivity contribution is 7.84. The van der Waals surface area contributed by atoms with Gasteiger partial charge in [-0.15, -0.1) is 0 Å². The first-order valence-corrected chi connectivity index (χ1v) is 4.90. The maximum Gasteiger partial charge on any atom is 0.120 e. The highest BCUT2D eigenvalue weighted by Crippen LogP contribution is 2.23. The van der Waals surface area contributed by atoms with Crippen LogP contribution in [-0.4, -0.2) is 23.2 Å². The predicted molar refractivity (Wildman–Crippen MR) is 43.2 cm³/mol.